The SMILES string of the molecule is CCCOc1cc(/C=N\NC(=O)Nc2ccccc2)ccc1OC. The molecule has 0 radical (unpaired) electrons. The van der Waals surface area contributed by atoms with Crippen LogP contribution in [-0.4, -0.2) is 26.0 Å². The molecule has 0 spiro atoms. The lowest BCUT2D eigenvalue weighted by Crippen LogP contribution is -2.24. The van der Waals surface area contributed by atoms with Gasteiger partial charge in [-0.2, -0.15) is 5.10 Å². The molecule has 0 saturated carbocycles. The third kappa shape index (κ3) is 5.31. The summed E-state index contributed by atoms with van der Waals surface area (Å²) in [5.41, 5.74) is 3.91. The maximum absolute atomic E-state index is 11.7. The maximum Gasteiger partial charge on any atom is 0.339 e. The summed E-state index contributed by atoms with van der Waals surface area (Å²) in [5.74, 6) is 1.31. The van der Waals surface area contributed by atoms with Crippen molar-refractivity contribution < 1.29 is 14.3 Å². The van der Waals surface area contributed by atoms with Crippen LogP contribution in [0.2, 0.25) is 0 Å². The predicted octanol–water partition coefficient (Wildman–Crippen LogP) is 3.64. The number of nitrogens with zero attached hydrogens (tertiary/aromatic N) is 1. The first kappa shape index (κ1) is 17.3. The van der Waals surface area contributed by atoms with Crippen LogP contribution >= 0.6 is 0 Å². The molecule has 0 atom stereocenters. The maximum atomic E-state index is 11.7. The molecule has 2 rings (SSSR count). The van der Waals surface area contributed by atoms with Gasteiger partial charge in [-0.1, -0.05) is 25.1 Å². The first-order valence-electron chi connectivity index (χ1n) is 7.69. The van der Waals surface area contributed by atoms with Crippen LogP contribution < -0.4 is 20.2 Å². The predicted molar refractivity (Wildman–Crippen MR) is 95.0 cm³/mol. The number of urea groups is 1. The van der Waals surface area contributed by atoms with E-state index in [1.54, 1.807) is 31.5 Å². The molecular formula is C18H21N3O3. The summed E-state index contributed by atoms with van der Waals surface area (Å²) in [6.07, 6.45) is 2.45. The lowest BCUT2D eigenvalue weighted by atomic mass is 10.2. The van der Waals surface area contributed by atoms with Gasteiger partial charge in [0.15, 0.2) is 11.5 Å². The smallest absolute Gasteiger partial charge is 0.339 e. The number of rotatable bonds is 7. The fourth-order valence-corrected chi connectivity index (χ4v) is 1.94. The summed E-state index contributed by atoms with van der Waals surface area (Å²) in [6, 6.07) is 14.2. The van der Waals surface area contributed by atoms with Crippen molar-refractivity contribution in [1.82, 2.24) is 5.43 Å². The van der Waals surface area contributed by atoms with E-state index >= 15 is 0 Å². The molecule has 0 fully saturated rings. The number of ether oxygens (including phenoxy) is 2. The van der Waals surface area contributed by atoms with Gasteiger partial charge in [0.2, 0.25) is 0 Å². The standard InChI is InChI=1S/C18H21N3O3/c1-3-11-24-17-12-14(9-10-16(17)23-2)13-19-21-18(22)20-15-7-5-4-6-8-15/h4-10,12-13H,3,11H2,1-2H3,(H2,20,21,22)/b19-13-. The Kier molecular flexibility index (Phi) is 6.64. The van der Waals surface area contributed by atoms with Crippen molar-refractivity contribution in [3.05, 3.63) is 54.1 Å². The molecule has 126 valence electrons. The first-order valence-corrected chi connectivity index (χ1v) is 7.69. The minimum Gasteiger partial charge on any atom is -0.493 e. The summed E-state index contributed by atoms with van der Waals surface area (Å²) in [4.78, 5) is 11.7. The number of anilines is 1. The Morgan fingerprint density at radius 3 is 2.67 bits per heavy atom. The van der Waals surface area contributed by atoms with E-state index in [0.29, 0.717) is 23.8 Å². The second-order valence-corrected chi connectivity index (χ2v) is 4.95. The quantitative estimate of drug-likeness (QED) is 0.602. The minimum absolute atomic E-state index is 0.409. The van der Waals surface area contributed by atoms with E-state index in [0.717, 1.165) is 12.0 Å². The number of methoxy groups -OCH3 is 1. The van der Waals surface area contributed by atoms with Gasteiger partial charge in [0.25, 0.3) is 0 Å². The minimum atomic E-state index is -0.409. The topological polar surface area (TPSA) is 72.0 Å². The fourth-order valence-electron chi connectivity index (χ4n) is 1.94. The second-order valence-electron chi connectivity index (χ2n) is 4.95. The highest BCUT2D eigenvalue weighted by Crippen LogP contribution is 2.27. The molecule has 0 bridgehead atoms. The van der Waals surface area contributed by atoms with Crippen LogP contribution in [0.4, 0.5) is 10.5 Å². The molecule has 2 amide bonds. The summed E-state index contributed by atoms with van der Waals surface area (Å²) >= 11 is 0. The summed E-state index contributed by atoms with van der Waals surface area (Å²) in [6.45, 7) is 2.64. The molecule has 0 unspecified atom stereocenters. The highest BCUT2D eigenvalue weighted by Gasteiger charge is 2.05. The van der Waals surface area contributed by atoms with Crippen LogP contribution in [0.3, 0.4) is 0 Å². The van der Waals surface area contributed by atoms with Crippen molar-refractivity contribution in [3.8, 4) is 11.5 Å². The molecule has 2 N–H and O–H groups in total. The van der Waals surface area contributed by atoms with Gasteiger partial charge in [-0.15, -0.1) is 0 Å². The number of carbonyl (C=O) groups is 1. The Labute approximate surface area is 141 Å². The summed E-state index contributed by atoms with van der Waals surface area (Å²) in [7, 11) is 1.59. The zero-order chi connectivity index (χ0) is 17.2. The molecule has 2 aromatic rings. The molecule has 0 saturated heterocycles. The number of hydrazone groups is 1. The summed E-state index contributed by atoms with van der Waals surface area (Å²) in [5, 5.41) is 6.61. The van der Waals surface area contributed by atoms with E-state index in [1.165, 1.54) is 0 Å². The number of amides is 2. The average molecular weight is 327 g/mol. The summed E-state index contributed by atoms with van der Waals surface area (Å²) < 4.78 is 10.9. The lowest BCUT2D eigenvalue weighted by Gasteiger charge is -2.10. The van der Waals surface area contributed by atoms with E-state index in [1.807, 2.05) is 37.3 Å². The van der Waals surface area contributed by atoms with E-state index in [2.05, 4.69) is 15.8 Å². The second kappa shape index (κ2) is 9.19. The van der Waals surface area contributed by atoms with Crippen molar-refractivity contribution in [2.24, 2.45) is 5.10 Å². The van der Waals surface area contributed by atoms with E-state index in [9.17, 15) is 4.79 Å². The third-order valence-electron chi connectivity index (χ3n) is 3.06. The Bertz CT molecular complexity index is 687. The van der Waals surface area contributed by atoms with Gasteiger partial charge >= 0.3 is 6.03 Å². The van der Waals surface area contributed by atoms with Crippen LogP contribution in [0, 0.1) is 0 Å². The van der Waals surface area contributed by atoms with Crippen LogP contribution in [0.1, 0.15) is 18.9 Å². The number of carbonyl (C=O) groups excluding carboxylic acids is 1. The molecule has 2 aromatic carbocycles. The molecule has 0 aliphatic carbocycles. The molecule has 0 aliphatic heterocycles. The van der Waals surface area contributed by atoms with E-state index < -0.39 is 6.03 Å². The van der Waals surface area contributed by atoms with Crippen molar-refractivity contribution in [3.63, 3.8) is 0 Å². The molecule has 6 heteroatoms. The number of hydrogen-bond acceptors (Lipinski definition) is 4. The number of benzene rings is 2. The Morgan fingerprint density at radius 1 is 1.17 bits per heavy atom. The number of para-hydroxylation sites is 1. The molecule has 0 aromatic heterocycles. The molecule has 6 nitrogen and oxygen atoms in total. The van der Waals surface area contributed by atoms with Crippen molar-refractivity contribution >= 4 is 17.9 Å². The van der Waals surface area contributed by atoms with Gasteiger partial charge in [-0.3, -0.25) is 0 Å². The van der Waals surface area contributed by atoms with Crippen LogP contribution in [-0.2, 0) is 0 Å². The number of hydrogen-bond donors (Lipinski definition) is 2. The Morgan fingerprint density at radius 2 is 1.96 bits per heavy atom. The van der Waals surface area contributed by atoms with Gasteiger partial charge in [-0.25, -0.2) is 10.2 Å². The monoisotopic (exact) mass is 327 g/mol. The highest BCUT2D eigenvalue weighted by atomic mass is 16.5. The van der Waals surface area contributed by atoms with Crippen molar-refractivity contribution in [1.29, 1.82) is 0 Å². The van der Waals surface area contributed by atoms with Gasteiger partial charge < -0.3 is 14.8 Å². The zero-order valence-corrected chi connectivity index (χ0v) is 13.8. The van der Waals surface area contributed by atoms with Gasteiger partial charge in [0, 0.05) is 5.69 Å². The van der Waals surface area contributed by atoms with Crippen LogP contribution in [0.15, 0.2) is 53.6 Å². The highest BCUT2D eigenvalue weighted by molar-refractivity contribution is 5.90. The van der Waals surface area contributed by atoms with Crippen molar-refractivity contribution in [2.45, 2.75) is 13.3 Å². The van der Waals surface area contributed by atoms with E-state index in [4.69, 9.17) is 9.47 Å². The Hall–Kier alpha value is -3.02. The largest absolute Gasteiger partial charge is 0.493 e. The molecular weight excluding hydrogens is 306 g/mol. The fraction of sp³-hybridized carbons (Fsp3) is 0.222. The van der Waals surface area contributed by atoms with Gasteiger partial charge in [0.05, 0.1) is 19.9 Å². The third-order valence-corrected chi connectivity index (χ3v) is 3.06. The average Bonchev–Trinajstić information content (AvgIpc) is 2.61. The first-order chi connectivity index (χ1) is 11.7. The van der Waals surface area contributed by atoms with E-state index in [-0.39, 0.29) is 0 Å². The normalized spacial score (nSPS) is 10.4. The lowest BCUT2D eigenvalue weighted by molar-refractivity contribution is 0.252. The molecule has 24 heavy (non-hydrogen) atoms. The zero-order valence-electron chi connectivity index (χ0n) is 13.8. The van der Waals surface area contributed by atoms with Crippen LogP contribution in [0.25, 0.3) is 0 Å². The Balaban J connectivity index is 1.94. The number of nitrogens with one attached hydrogen (secondary N) is 2. The molecule has 0 aliphatic rings. The van der Waals surface area contributed by atoms with Crippen molar-refractivity contribution in [2.75, 3.05) is 19.0 Å². The van der Waals surface area contributed by atoms with Gasteiger partial charge in [-0.05, 0) is 42.3 Å². The van der Waals surface area contributed by atoms with Crippen LogP contribution in [0.5, 0.6) is 11.5 Å². The molecule has 0 heterocycles. The van der Waals surface area contributed by atoms with Gasteiger partial charge in [0.1, 0.15) is 0 Å².